The number of methoxy groups -OCH3 is 2. The lowest BCUT2D eigenvalue weighted by Crippen LogP contribution is -2.55. The van der Waals surface area contributed by atoms with Crippen LogP contribution in [0.15, 0.2) is 48.5 Å². The zero-order valence-electron chi connectivity index (χ0n) is 21.9. The zero-order valence-corrected chi connectivity index (χ0v) is 21.9. The normalized spacial score (nSPS) is 19.0. The lowest BCUT2D eigenvalue weighted by atomic mass is 9.91. The maximum Gasteiger partial charge on any atom is 0.380 e. The van der Waals surface area contributed by atoms with Gasteiger partial charge in [-0.25, -0.2) is 9.59 Å². The predicted octanol–water partition coefficient (Wildman–Crippen LogP) is 5.51. The minimum atomic E-state index is -1.70. The summed E-state index contributed by atoms with van der Waals surface area (Å²) in [6, 6.07) is 12.6. The van der Waals surface area contributed by atoms with Gasteiger partial charge in [-0.3, -0.25) is 0 Å². The second-order valence-corrected chi connectivity index (χ2v) is 9.80. The number of carbonyl (C=O) groups excluding carboxylic acids is 2. The van der Waals surface area contributed by atoms with Crippen molar-refractivity contribution in [1.29, 1.82) is 0 Å². The highest BCUT2D eigenvalue weighted by Crippen LogP contribution is 2.38. The summed E-state index contributed by atoms with van der Waals surface area (Å²) in [6.45, 7) is 0. The summed E-state index contributed by atoms with van der Waals surface area (Å²) >= 11 is 0. The molecule has 0 saturated heterocycles. The molecule has 2 aromatic carbocycles. The van der Waals surface area contributed by atoms with Crippen LogP contribution in [0, 0.1) is 10.4 Å². The van der Waals surface area contributed by atoms with E-state index in [1.54, 1.807) is 48.5 Å². The van der Waals surface area contributed by atoms with Crippen LogP contribution in [0.2, 0.25) is 0 Å². The van der Waals surface area contributed by atoms with E-state index < -0.39 is 23.4 Å². The summed E-state index contributed by atoms with van der Waals surface area (Å²) in [5.41, 5.74) is -2.93. The van der Waals surface area contributed by atoms with E-state index in [1.807, 2.05) is 0 Å². The van der Waals surface area contributed by atoms with Crippen LogP contribution in [-0.2, 0) is 9.47 Å². The Morgan fingerprint density at radius 1 is 0.605 bits per heavy atom. The molecule has 0 spiro atoms. The van der Waals surface area contributed by atoms with Crippen molar-refractivity contribution in [3.8, 4) is 11.5 Å². The van der Waals surface area contributed by atoms with E-state index in [2.05, 4.69) is 0 Å². The first-order valence-electron chi connectivity index (χ1n) is 13.0. The molecular formula is C28H34N2O8. The smallest absolute Gasteiger partial charge is 0.380 e. The first-order chi connectivity index (χ1) is 18.3. The number of ether oxygens (including phenoxy) is 4. The number of nitrogens with zero attached hydrogens (tertiary/aromatic N) is 2. The van der Waals surface area contributed by atoms with Crippen LogP contribution in [0.5, 0.6) is 11.5 Å². The number of azo groups is 1. The average molecular weight is 527 g/mol. The topological polar surface area (TPSA) is 123 Å². The van der Waals surface area contributed by atoms with Crippen LogP contribution in [0.3, 0.4) is 0 Å². The van der Waals surface area contributed by atoms with Gasteiger partial charge in [0.25, 0.3) is 0 Å². The molecule has 0 N–H and O–H groups in total. The summed E-state index contributed by atoms with van der Waals surface area (Å²) in [5, 5.41) is 27.6. The van der Waals surface area contributed by atoms with Crippen molar-refractivity contribution < 1.29 is 38.3 Å². The Morgan fingerprint density at radius 3 is 1.21 bits per heavy atom. The van der Waals surface area contributed by atoms with Crippen LogP contribution >= 0.6 is 0 Å². The largest absolute Gasteiger partial charge is 0.563 e. The molecule has 0 radical (unpaired) electrons. The number of carbonyl (C=O) groups is 2. The first kappa shape index (κ1) is 27.2. The van der Waals surface area contributed by atoms with Gasteiger partial charge in [-0.15, -0.1) is 0 Å². The number of hydroxylamine groups is 2. The summed E-state index contributed by atoms with van der Waals surface area (Å²) in [7, 11) is 3.04. The molecule has 0 heterocycles. The van der Waals surface area contributed by atoms with Crippen LogP contribution in [0.4, 0.5) is 0 Å². The van der Waals surface area contributed by atoms with Crippen LogP contribution < -0.4 is 9.47 Å². The molecule has 0 bridgehead atoms. The van der Waals surface area contributed by atoms with E-state index >= 15 is 0 Å². The average Bonchev–Trinajstić information content (AvgIpc) is 2.97. The van der Waals surface area contributed by atoms with E-state index in [0.717, 1.165) is 12.8 Å². The monoisotopic (exact) mass is 526 g/mol. The molecule has 38 heavy (non-hydrogen) atoms. The zero-order chi connectivity index (χ0) is 27.2. The molecule has 0 aliphatic heterocycles. The molecule has 4 rings (SSSR count). The molecule has 0 unspecified atom stereocenters. The summed E-state index contributed by atoms with van der Waals surface area (Å²) < 4.78 is 21.9. The maximum absolute atomic E-state index is 13.8. The van der Waals surface area contributed by atoms with Crippen molar-refractivity contribution in [3.63, 3.8) is 0 Å². The SMILES string of the molecule is COc1ccc(C(=O)OC2(/[N+]([O-])=[N+](\[O-])C3(OC(=O)c4ccc(OC)cc4)CCCCC3)CCCCC2)cc1. The van der Waals surface area contributed by atoms with Crippen molar-refractivity contribution in [1.82, 2.24) is 0 Å². The fourth-order valence-corrected chi connectivity index (χ4v) is 5.12. The van der Waals surface area contributed by atoms with Crippen molar-refractivity contribution >= 4 is 11.9 Å². The molecule has 0 aromatic heterocycles. The van der Waals surface area contributed by atoms with E-state index in [4.69, 9.17) is 18.9 Å². The fourth-order valence-electron chi connectivity index (χ4n) is 5.12. The highest BCUT2D eigenvalue weighted by molar-refractivity contribution is 5.90. The highest BCUT2D eigenvalue weighted by atomic mass is 16.7. The third kappa shape index (κ3) is 5.69. The van der Waals surface area contributed by atoms with Crippen LogP contribution in [0.25, 0.3) is 0 Å². The number of benzene rings is 2. The Morgan fingerprint density at radius 2 is 0.921 bits per heavy atom. The quantitative estimate of drug-likeness (QED) is 0.145. The standard InChI is InChI=1S/C28H34N2O8/c1-35-23-13-9-21(10-14-23)25(31)37-27(17-5-3-6-18-27)29(33)30(34)28(19-7-4-8-20-28)38-26(32)22-11-15-24(36-2)16-12-22/h9-16H,3-8,17-20H2,1-2H3/b30-29+. The van der Waals surface area contributed by atoms with Gasteiger partial charge in [0.2, 0.25) is 0 Å². The summed E-state index contributed by atoms with van der Waals surface area (Å²) in [5.74, 6) is -0.278. The number of esters is 2. The molecule has 0 amide bonds. The van der Waals surface area contributed by atoms with E-state index in [1.165, 1.54) is 14.2 Å². The predicted molar refractivity (Wildman–Crippen MR) is 136 cm³/mol. The Balaban J connectivity index is 1.65. The molecule has 2 aliphatic rings. The molecule has 10 heteroatoms. The summed E-state index contributed by atoms with van der Waals surface area (Å²) in [6.07, 6.45) is 4.93. The van der Waals surface area contributed by atoms with Gasteiger partial charge in [0.05, 0.1) is 60.8 Å². The maximum atomic E-state index is 13.8. The molecular weight excluding hydrogens is 492 g/mol. The highest BCUT2D eigenvalue weighted by Gasteiger charge is 2.56. The number of hydrogen-bond donors (Lipinski definition) is 0. The van der Waals surface area contributed by atoms with Gasteiger partial charge in [0.1, 0.15) is 11.5 Å². The fraction of sp³-hybridized carbons (Fsp3) is 0.500. The van der Waals surface area contributed by atoms with Gasteiger partial charge in [0, 0.05) is 0 Å². The van der Waals surface area contributed by atoms with E-state index in [0.29, 0.717) is 37.2 Å². The van der Waals surface area contributed by atoms with Gasteiger partial charge in [-0.1, -0.05) is 12.8 Å². The van der Waals surface area contributed by atoms with Gasteiger partial charge in [-0.2, -0.15) is 0 Å². The van der Waals surface area contributed by atoms with Crippen LogP contribution in [-0.4, -0.2) is 47.3 Å². The Kier molecular flexibility index (Phi) is 8.38. The third-order valence-corrected chi connectivity index (χ3v) is 7.35. The van der Waals surface area contributed by atoms with Crippen molar-refractivity contribution in [2.75, 3.05) is 14.2 Å². The second kappa shape index (κ2) is 11.7. The van der Waals surface area contributed by atoms with Crippen molar-refractivity contribution in [2.45, 2.75) is 75.7 Å². The van der Waals surface area contributed by atoms with Gasteiger partial charge in [-0.05, 0) is 74.2 Å². The van der Waals surface area contributed by atoms with Gasteiger partial charge >= 0.3 is 23.4 Å². The molecule has 2 saturated carbocycles. The molecule has 204 valence electrons. The van der Waals surface area contributed by atoms with Crippen molar-refractivity contribution in [2.24, 2.45) is 0 Å². The Labute approximate surface area is 221 Å². The minimum absolute atomic E-state index is 0.194. The molecule has 2 aromatic rings. The lowest BCUT2D eigenvalue weighted by Gasteiger charge is -2.35. The summed E-state index contributed by atoms with van der Waals surface area (Å²) in [4.78, 5) is 26.6. The van der Waals surface area contributed by atoms with E-state index in [9.17, 15) is 20.0 Å². The second-order valence-electron chi connectivity index (χ2n) is 9.80. The lowest BCUT2D eigenvalue weighted by molar-refractivity contribution is -1.05. The molecule has 2 aliphatic carbocycles. The molecule has 2 fully saturated rings. The Bertz CT molecular complexity index is 1060. The Hall–Kier alpha value is -3.82. The molecule has 0 atom stereocenters. The first-order valence-corrected chi connectivity index (χ1v) is 13.0. The van der Waals surface area contributed by atoms with E-state index in [-0.39, 0.29) is 46.5 Å². The number of hydrogen-bond acceptors (Lipinski definition) is 8. The van der Waals surface area contributed by atoms with Crippen LogP contribution in [0.1, 0.15) is 84.9 Å². The van der Waals surface area contributed by atoms with Gasteiger partial charge in [0.15, 0.2) is 0 Å². The number of rotatable bonds is 8. The van der Waals surface area contributed by atoms with Crippen molar-refractivity contribution in [3.05, 3.63) is 70.1 Å². The molecule has 10 nitrogen and oxygen atoms in total. The third-order valence-electron chi connectivity index (χ3n) is 7.35. The van der Waals surface area contributed by atoms with Gasteiger partial charge < -0.3 is 29.4 Å². The minimum Gasteiger partial charge on any atom is -0.563 e.